The Morgan fingerprint density at radius 3 is 2.34 bits per heavy atom. The maximum atomic E-state index is 12.9. The van der Waals surface area contributed by atoms with E-state index in [9.17, 15) is 4.57 Å². The summed E-state index contributed by atoms with van der Waals surface area (Å²) >= 11 is 0. The predicted molar refractivity (Wildman–Crippen MR) is 124 cm³/mol. The second-order valence-electron chi connectivity index (χ2n) is 8.28. The Kier molecular flexibility index (Phi) is 11.3. The van der Waals surface area contributed by atoms with Crippen molar-refractivity contribution in [1.29, 1.82) is 0 Å². The highest BCUT2D eigenvalue weighted by Gasteiger charge is 2.38. The number of anilines is 1. The minimum Gasteiger partial charge on any atom is -0.450 e. The van der Waals surface area contributed by atoms with Crippen LogP contribution < -0.4 is 5.73 Å². The molecule has 1 saturated heterocycles. The van der Waals surface area contributed by atoms with Gasteiger partial charge in [-0.15, -0.1) is 0 Å². The molecule has 15 nitrogen and oxygen atoms in total. The number of carboxylic acid groups (broad SMARTS) is 4. The second-order valence-corrected chi connectivity index (χ2v) is 10.3. The molecule has 6 N–H and O–H groups in total. The summed E-state index contributed by atoms with van der Waals surface area (Å²) in [6.45, 7) is 9.61. The van der Waals surface area contributed by atoms with Gasteiger partial charge in [0.05, 0.1) is 32.2 Å². The van der Waals surface area contributed by atoms with E-state index < -0.39 is 19.9 Å². The molecule has 3 atom stereocenters. The van der Waals surface area contributed by atoms with Crippen LogP contribution in [-0.2, 0) is 24.9 Å². The standard InChI is InChI=1S/C17H28N5O4P.2CH2O3/c1-12(2)17(4)5-6-25-27(23,26-8-17)11-24-13(3)7-22-10-21-14-15(18)19-9-20-16(14)22;2*2-1(3)4/h9-10,12-13H,5-8,11H2,1-4H3,(H2,18,19,20);2*(H2,2,3,4)/t13-,17?,27?;;/m1../s1. The Morgan fingerprint density at radius 2 is 1.77 bits per heavy atom. The van der Waals surface area contributed by atoms with Crippen molar-refractivity contribution in [1.82, 2.24) is 19.5 Å². The van der Waals surface area contributed by atoms with Crippen LogP contribution in [0.1, 0.15) is 34.1 Å². The third-order valence-corrected chi connectivity index (χ3v) is 6.91. The molecule has 0 spiro atoms. The zero-order chi connectivity index (χ0) is 26.8. The first-order valence-corrected chi connectivity index (χ1v) is 12.2. The molecule has 0 saturated carbocycles. The summed E-state index contributed by atoms with van der Waals surface area (Å²) in [6.07, 6.45) is -0.127. The fourth-order valence-corrected chi connectivity index (χ4v) is 4.41. The van der Waals surface area contributed by atoms with Crippen LogP contribution in [-0.4, -0.2) is 77.9 Å². The topological polar surface area (TPSA) is 229 Å². The second kappa shape index (κ2) is 13.2. The molecular weight excluding hydrogens is 489 g/mol. The normalized spacial score (nSPS) is 22.8. The number of hydrogen-bond donors (Lipinski definition) is 5. The molecule has 0 bridgehead atoms. The van der Waals surface area contributed by atoms with Gasteiger partial charge in [0, 0.05) is 0 Å². The lowest BCUT2D eigenvalue weighted by atomic mass is 9.77. The number of nitrogen functional groups attached to an aromatic ring is 1. The van der Waals surface area contributed by atoms with Crippen LogP contribution in [0.15, 0.2) is 12.7 Å². The molecule has 3 rings (SSSR count). The molecule has 2 aromatic rings. The van der Waals surface area contributed by atoms with E-state index in [4.69, 9.17) is 49.5 Å². The quantitative estimate of drug-likeness (QED) is 0.343. The summed E-state index contributed by atoms with van der Waals surface area (Å²) in [7, 11) is -3.27. The number of carbonyl (C=O) groups is 2. The summed E-state index contributed by atoms with van der Waals surface area (Å²) in [6, 6.07) is 0. The van der Waals surface area contributed by atoms with E-state index in [0.717, 1.165) is 6.42 Å². The fourth-order valence-electron chi connectivity index (χ4n) is 2.88. The van der Waals surface area contributed by atoms with Crippen LogP contribution in [0.2, 0.25) is 0 Å². The molecule has 198 valence electrons. The van der Waals surface area contributed by atoms with Gasteiger partial charge < -0.3 is 44.5 Å². The van der Waals surface area contributed by atoms with E-state index >= 15 is 0 Å². The molecular formula is C19H32N5O10P. The van der Waals surface area contributed by atoms with Crippen LogP contribution in [0.4, 0.5) is 15.4 Å². The third-order valence-electron chi connectivity index (χ3n) is 5.35. The van der Waals surface area contributed by atoms with Gasteiger partial charge in [-0.05, 0) is 24.7 Å². The van der Waals surface area contributed by atoms with Gasteiger partial charge in [0.1, 0.15) is 18.2 Å². The molecule has 35 heavy (non-hydrogen) atoms. The van der Waals surface area contributed by atoms with Gasteiger partial charge in [-0.3, -0.25) is 4.57 Å². The first-order chi connectivity index (χ1) is 16.2. The molecule has 1 fully saturated rings. The number of rotatable bonds is 6. The van der Waals surface area contributed by atoms with Crippen LogP contribution in [0.25, 0.3) is 11.2 Å². The number of nitrogens with zero attached hydrogens (tertiary/aromatic N) is 4. The van der Waals surface area contributed by atoms with Crippen molar-refractivity contribution < 1.29 is 48.4 Å². The minimum atomic E-state index is -3.27. The Hall–Kier alpha value is -3.00. The van der Waals surface area contributed by atoms with Gasteiger partial charge in [-0.25, -0.2) is 24.5 Å². The van der Waals surface area contributed by atoms with E-state index in [1.165, 1.54) is 6.33 Å². The smallest absolute Gasteiger partial charge is 0.450 e. The molecule has 1 aliphatic heterocycles. The molecule has 0 amide bonds. The highest BCUT2D eigenvalue weighted by Crippen LogP contribution is 2.53. The van der Waals surface area contributed by atoms with E-state index in [-0.39, 0.29) is 17.9 Å². The Bertz CT molecular complexity index is 1010. The van der Waals surface area contributed by atoms with E-state index in [0.29, 0.717) is 42.7 Å². The van der Waals surface area contributed by atoms with Crippen molar-refractivity contribution in [2.45, 2.75) is 46.8 Å². The first kappa shape index (κ1) is 30.0. The zero-order valence-electron chi connectivity index (χ0n) is 19.9. The highest BCUT2D eigenvalue weighted by atomic mass is 31.2. The summed E-state index contributed by atoms with van der Waals surface area (Å²) in [5, 5.41) is 27.9. The van der Waals surface area contributed by atoms with E-state index in [2.05, 4.69) is 35.7 Å². The van der Waals surface area contributed by atoms with Gasteiger partial charge >= 0.3 is 19.9 Å². The molecule has 0 aliphatic carbocycles. The van der Waals surface area contributed by atoms with Crippen LogP contribution in [0.3, 0.4) is 0 Å². The van der Waals surface area contributed by atoms with Crippen molar-refractivity contribution in [3.63, 3.8) is 0 Å². The number of hydrogen-bond acceptors (Lipinski definition) is 10. The molecule has 16 heteroatoms. The molecule has 1 aliphatic rings. The van der Waals surface area contributed by atoms with Gasteiger partial charge in [-0.1, -0.05) is 20.8 Å². The maximum absolute atomic E-state index is 12.9. The monoisotopic (exact) mass is 521 g/mol. The van der Waals surface area contributed by atoms with Gasteiger partial charge in [0.25, 0.3) is 0 Å². The average molecular weight is 521 g/mol. The number of nitrogens with two attached hydrogens (primary N) is 1. The number of fused-ring (bicyclic) bond motifs is 1. The lowest BCUT2D eigenvalue weighted by molar-refractivity contribution is 0.0644. The largest absolute Gasteiger partial charge is 0.503 e. The third kappa shape index (κ3) is 10.0. The van der Waals surface area contributed by atoms with Crippen molar-refractivity contribution >= 4 is 36.9 Å². The van der Waals surface area contributed by atoms with Crippen molar-refractivity contribution in [2.75, 3.05) is 25.3 Å². The van der Waals surface area contributed by atoms with Crippen molar-refractivity contribution in [2.24, 2.45) is 11.3 Å². The molecule has 2 aromatic heterocycles. The Labute approximate surface area is 201 Å². The van der Waals surface area contributed by atoms with Crippen LogP contribution >= 0.6 is 7.60 Å². The maximum Gasteiger partial charge on any atom is 0.503 e. The van der Waals surface area contributed by atoms with Gasteiger partial charge in [0.2, 0.25) is 0 Å². The fraction of sp³-hybridized carbons (Fsp3) is 0.632. The lowest BCUT2D eigenvalue weighted by Gasteiger charge is -2.31. The number of imidazole rings is 1. The van der Waals surface area contributed by atoms with E-state index in [1.807, 2.05) is 11.5 Å². The summed E-state index contributed by atoms with van der Waals surface area (Å²) < 4.78 is 31.8. The summed E-state index contributed by atoms with van der Waals surface area (Å²) in [5.74, 6) is 0.752. The number of ether oxygens (including phenoxy) is 1. The average Bonchev–Trinajstić information content (AvgIpc) is 3.06. The van der Waals surface area contributed by atoms with Crippen LogP contribution in [0, 0.1) is 11.3 Å². The van der Waals surface area contributed by atoms with Gasteiger partial charge in [0.15, 0.2) is 11.5 Å². The number of aromatic nitrogens is 4. The minimum absolute atomic E-state index is 0.0485. The van der Waals surface area contributed by atoms with Crippen LogP contribution in [0.5, 0.6) is 0 Å². The van der Waals surface area contributed by atoms with Gasteiger partial charge in [-0.2, -0.15) is 0 Å². The predicted octanol–water partition coefficient (Wildman–Crippen LogP) is 3.51. The Morgan fingerprint density at radius 1 is 1.17 bits per heavy atom. The first-order valence-electron chi connectivity index (χ1n) is 10.4. The SMILES string of the molecule is CC(C)C1(C)CCOP(=O)(CO[C@H](C)Cn2cnc3c(N)ncnc32)OC1.O=C(O)O.O=C(O)O. The van der Waals surface area contributed by atoms with E-state index in [1.54, 1.807) is 6.33 Å². The zero-order valence-corrected chi connectivity index (χ0v) is 20.8. The Balaban J connectivity index is 0.000000668. The summed E-state index contributed by atoms with van der Waals surface area (Å²) in [5.41, 5.74) is 6.95. The lowest BCUT2D eigenvalue weighted by Crippen LogP contribution is -2.28. The molecule has 2 unspecified atom stereocenters. The van der Waals surface area contributed by atoms with Crippen molar-refractivity contribution in [3.8, 4) is 0 Å². The van der Waals surface area contributed by atoms with Crippen molar-refractivity contribution in [3.05, 3.63) is 12.7 Å². The summed E-state index contributed by atoms with van der Waals surface area (Å²) in [4.78, 5) is 29.5. The highest BCUT2D eigenvalue weighted by molar-refractivity contribution is 7.53. The molecule has 3 heterocycles. The molecule has 0 aromatic carbocycles. The molecule has 0 radical (unpaired) electrons.